The fraction of sp³-hybridized carbons (Fsp3) is 0.250. The third kappa shape index (κ3) is 3.72. The Balaban J connectivity index is 1.27. The molecule has 2 heterocycles. The average molecular weight is 352 g/mol. The van der Waals surface area contributed by atoms with Crippen LogP contribution in [0.1, 0.15) is 11.1 Å². The highest BCUT2D eigenvalue weighted by Gasteiger charge is 2.19. The molecular weight excluding hydrogens is 332 g/mol. The molecule has 0 fully saturated rings. The number of carbonyl (C=O) groups excluding carboxylic acids is 1. The molecule has 0 aliphatic carbocycles. The summed E-state index contributed by atoms with van der Waals surface area (Å²) in [5, 5.41) is 4.16. The van der Waals surface area contributed by atoms with E-state index < -0.39 is 0 Å². The van der Waals surface area contributed by atoms with Gasteiger partial charge >= 0.3 is 0 Å². The summed E-state index contributed by atoms with van der Waals surface area (Å²) < 4.78 is 5.84. The number of nitrogens with one attached hydrogen (secondary N) is 2. The van der Waals surface area contributed by atoms with Crippen LogP contribution < -0.4 is 5.32 Å². The molecule has 25 heavy (non-hydrogen) atoms. The Kier molecular flexibility index (Phi) is 4.76. The van der Waals surface area contributed by atoms with Crippen molar-refractivity contribution in [3.63, 3.8) is 0 Å². The summed E-state index contributed by atoms with van der Waals surface area (Å²) in [5.74, 6) is 0.447. The molecule has 2 N–H and O–H groups in total. The zero-order valence-corrected chi connectivity index (χ0v) is 14.6. The van der Waals surface area contributed by atoms with E-state index in [1.807, 2.05) is 30.5 Å². The monoisotopic (exact) mass is 352 g/mol. The summed E-state index contributed by atoms with van der Waals surface area (Å²) in [5.41, 5.74) is 3.67. The molecular formula is C20H20N2O2S. The van der Waals surface area contributed by atoms with Crippen LogP contribution in [-0.2, 0) is 22.6 Å². The normalized spacial score (nSPS) is 16.6. The predicted octanol–water partition coefficient (Wildman–Crippen LogP) is 3.52. The maximum atomic E-state index is 12.2. The molecule has 4 nitrogen and oxygen atoms in total. The van der Waals surface area contributed by atoms with E-state index in [1.165, 1.54) is 11.1 Å². The van der Waals surface area contributed by atoms with Gasteiger partial charge in [0.05, 0.1) is 18.5 Å². The second kappa shape index (κ2) is 7.33. The first-order valence-electron chi connectivity index (χ1n) is 8.43. The van der Waals surface area contributed by atoms with Crippen LogP contribution in [-0.4, -0.2) is 29.3 Å². The molecule has 5 heteroatoms. The molecule has 1 aliphatic rings. The molecule has 0 saturated heterocycles. The fourth-order valence-corrected chi connectivity index (χ4v) is 3.99. The fourth-order valence-electron chi connectivity index (χ4n) is 3.13. The summed E-state index contributed by atoms with van der Waals surface area (Å²) in [4.78, 5) is 16.5. The number of benzene rings is 2. The SMILES string of the molecule is O=C(CSc1c[nH]c2ccccc12)NCC1Cc2ccccc2CO1. The van der Waals surface area contributed by atoms with Crippen LogP contribution in [0.25, 0.3) is 10.9 Å². The molecule has 128 valence electrons. The number of rotatable bonds is 5. The van der Waals surface area contributed by atoms with Gasteiger partial charge in [0.25, 0.3) is 0 Å². The van der Waals surface area contributed by atoms with Gasteiger partial charge in [-0.05, 0) is 17.2 Å². The minimum atomic E-state index is 0.0396. The molecule has 1 amide bonds. The number of ether oxygens (including phenoxy) is 1. The first-order chi connectivity index (χ1) is 12.3. The molecule has 2 aromatic carbocycles. The number of carbonyl (C=O) groups is 1. The van der Waals surface area contributed by atoms with Gasteiger partial charge in [-0.25, -0.2) is 0 Å². The highest BCUT2D eigenvalue weighted by molar-refractivity contribution is 8.00. The Morgan fingerprint density at radius 2 is 1.96 bits per heavy atom. The number of fused-ring (bicyclic) bond motifs is 2. The molecule has 1 aromatic heterocycles. The maximum absolute atomic E-state index is 12.2. The second-order valence-corrected chi connectivity index (χ2v) is 7.21. The van der Waals surface area contributed by atoms with E-state index in [0.29, 0.717) is 18.9 Å². The van der Waals surface area contributed by atoms with Crippen molar-refractivity contribution in [1.82, 2.24) is 10.3 Å². The van der Waals surface area contributed by atoms with Gasteiger partial charge in [-0.15, -0.1) is 11.8 Å². The number of hydrogen-bond acceptors (Lipinski definition) is 3. The highest BCUT2D eigenvalue weighted by Crippen LogP contribution is 2.27. The molecule has 4 rings (SSSR count). The van der Waals surface area contributed by atoms with Crippen LogP contribution in [0.3, 0.4) is 0 Å². The van der Waals surface area contributed by atoms with Crippen LogP contribution in [0, 0.1) is 0 Å². The van der Waals surface area contributed by atoms with E-state index in [2.05, 4.69) is 34.6 Å². The molecule has 1 aliphatic heterocycles. The van der Waals surface area contributed by atoms with Crippen molar-refractivity contribution >= 4 is 28.6 Å². The molecule has 0 bridgehead atoms. The standard InChI is InChI=1S/C20H20N2O2S/c23-20(13-25-19-11-21-18-8-4-3-7-17(18)19)22-10-16-9-14-5-1-2-6-15(14)12-24-16/h1-8,11,16,21H,9-10,12-13H2,(H,22,23). The highest BCUT2D eigenvalue weighted by atomic mass is 32.2. The van der Waals surface area contributed by atoms with Gasteiger partial charge in [0, 0.05) is 35.0 Å². The maximum Gasteiger partial charge on any atom is 0.230 e. The van der Waals surface area contributed by atoms with E-state index in [9.17, 15) is 4.79 Å². The number of aromatic amines is 1. The van der Waals surface area contributed by atoms with Gasteiger partial charge in [0.2, 0.25) is 5.91 Å². The Hall–Kier alpha value is -2.24. The number of para-hydroxylation sites is 1. The van der Waals surface area contributed by atoms with Gasteiger partial charge in [-0.2, -0.15) is 0 Å². The number of aromatic nitrogens is 1. The van der Waals surface area contributed by atoms with Crippen LogP contribution >= 0.6 is 11.8 Å². The van der Waals surface area contributed by atoms with Crippen LogP contribution in [0.2, 0.25) is 0 Å². The van der Waals surface area contributed by atoms with Crippen molar-refractivity contribution in [2.24, 2.45) is 0 Å². The lowest BCUT2D eigenvalue weighted by Gasteiger charge is -2.25. The smallest absolute Gasteiger partial charge is 0.230 e. The van der Waals surface area contributed by atoms with Crippen molar-refractivity contribution in [2.45, 2.75) is 24.0 Å². The predicted molar refractivity (Wildman–Crippen MR) is 101 cm³/mol. The lowest BCUT2D eigenvalue weighted by Crippen LogP contribution is -2.37. The minimum absolute atomic E-state index is 0.0396. The summed E-state index contributed by atoms with van der Waals surface area (Å²) in [6.07, 6.45) is 2.87. The van der Waals surface area contributed by atoms with Gasteiger partial charge in [0.15, 0.2) is 0 Å². The molecule has 0 spiro atoms. The van der Waals surface area contributed by atoms with Gasteiger partial charge in [0.1, 0.15) is 0 Å². The Morgan fingerprint density at radius 3 is 2.88 bits per heavy atom. The molecule has 0 saturated carbocycles. The molecule has 1 atom stereocenters. The van der Waals surface area contributed by atoms with E-state index in [4.69, 9.17) is 4.74 Å². The van der Waals surface area contributed by atoms with Gasteiger partial charge < -0.3 is 15.0 Å². The van der Waals surface area contributed by atoms with E-state index in [0.717, 1.165) is 22.2 Å². The van der Waals surface area contributed by atoms with E-state index in [-0.39, 0.29) is 12.0 Å². The van der Waals surface area contributed by atoms with Gasteiger partial charge in [-0.1, -0.05) is 42.5 Å². The topological polar surface area (TPSA) is 54.1 Å². The third-order valence-electron chi connectivity index (χ3n) is 4.48. The summed E-state index contributed by atoms with van der Waals surface area (Å²) in [6, 6.07) is 16.4. The third-order valence-corrected chi connectivity index (χ3v) is 5.53. The largest absolute Gasteiger partial charge is 0.371 e. The number of amides is 1. The van der Waals surface area contributed by atoms with Crippen LogP contribution in [0.5, 0.6) is 0 Å². The van der Waals surface area contributed by atoms with Crippen molar-refractivity contribution in [3.8, 4) is 0 Å². The minimum Gasteiger partial charge on any atom is -0.371 e. The molecule has 3 aromatic rings. The number of H-pyrrole nitrogens is 1. The Bertz CT molecular complexity index is 890. The first-order valence-corrected chi connectivity index (χ1v) is 9.42. The summed E-state index contributed by atoms with van der Waals surface area (Å²) in [7, 11) is 0. The Labute approximate surface area is 151 Å². The first kappa shape index (κ1) is 16.2. The average Bonchev–Trinajstić information content (AvgIpc) is 3.08. The lowest BCUT2D eigenvalue weighted by atomic mass is 9.99. The van der Waals surface area contributed by atoms with Crippen LogP contribution in [0.15, 0.2) is 59.6 Å². The number of hydrogen-bond donors (Lipinski definition) is 2. The van der Waals surface area contributed by atoms with Crippen molar-refractivity contribution in [1.29, 1.82) is 0 Å². The van der Waals surface area contributed by atoms with Crippen molar-refractivity contribution in [3.05, 3.63) is 65.9 Å². The Morgan fingerprint density at radius 1 is 1.16 bits per heavy atom. The summed E-state index contributed by atoms with van der Waals surface area (Å²) >= 11 is 1.56. The quantitative estimate of drug-likeness (QED) is 0.691. The second-order valence-electron chi connectivity index (χ2n) is 6.20. The van der Waals surface area contributed by atoms with Crippen molar-refractivity contribution in [2.75, 3.05) is 12.3 Å². The lowest BCUT2D eigenvalue weighted by molar-refractivity contribution is -0.119. The van der Waals surface area contributed by atoms with Crippen molar-refractivity contribution < 1.29 is 9.53 Å². The summed E-state index contributed by atoms with van der Waals surface area (Å²) in [6.45, 7) is 1.18. The van der Waals surface area contributed by atoms with E-state index in [1.54, 1.807) is 11.8 Å². The zero-order valence-electron chi connectivity index (χ0n) is 13.8. The van der Waals surface area contributed by atoms with Gasteiger partial charge in [-0.3, -0.25) is 4.79 Å². The number of thioether (sulfide) groups is 1. The zero-order chi connectivity index (χ0) is 17.1. The van der Waals surface area contributed by atoms with E-state index >= 15 is 0 Å². The molecule has 1 unspecified atom stereocenters. The van der Waals surface area contributed by atoms with Crippen LogP contribution in [0.4, 0.5) is 0 Å². The molecule has 0 radical (unpaired) electrons.